The number of nitrogens with zero attached hydrogens (tertiary/aromatic N) is 1. The molecule has 1 N–H and O–H groups in total. The van der Waals surface area contributed by atoms with Crippen LogP contribution in [0.1, 0.15) is 26.2 Å². The van der Waals surface area contributed by atoms with E-state index in [0.717, 1.165) is 31.7 Å². The second-order valence-electron chi connectivity index (χ2n) is 4.72. The molecule has 0 bridgehead atoms. The van der Waals surface area contributed by atoms with Crippen LogP contribution in [-0.2, 0) is 0 Å². The number of nitrogens with one attached hydrogen (secondary N) is 1. The summed E-state index contributed by atoms with van der Waals surface area (Å²) in [6.45, 7) is 5.28. The van der Waals surface area contributed by atoms with Gasteiger partial charge in [-0.05, 0) is 44.0 Å². The van der Waals surface area contributed by atoms with Crippen LogP contribution in [0.3, 0.4) is 0 Å². The van der Waals surface area contributed by atoms with Gasteiger partial charge in [-0.15, -0.1) is 0 Å². The van der Waals surface area contributed by atoms with E-state index in [1.807, 2.05) is 6.07 Å². The summed E-state index contributed by atoms with van der Waals surface area (Å²) < 4.78 is 13.2. The van der Waals surface area contributed by atoms with Crippen LogP contribution in [0.4, 0.5) is 10.1 Å². The maximum absolute atomic E-state index is 13.2. The predicted molar refractivity (Wildman–Crippen MR) is 69.9 cm³/mol. The number of hydrogen-bond donors (Lipinski definition) is 1. The third-order valence-corrected chi connectivity index (χ3v) is 3.28. The molecule has 3 heteroatoms. The molecule has 2 rings (SSSR count). The molecule has 1 unspecified atom stereocenters. The second-order valence-corrected chi connectivity index (χ2v) is 4.72. The molecule has 17 heavy (non-hydrogen) atoms. The summed E-state index contributed by atoms with van der Waals surface area (Å²) in [5, 5.41) is 3.55. The Morgan fingerprint density at radius 1 is 1.47 bits per heavy atom. The van der Waals surface area contributed by atoms with Gasteiger partial charge in [-0.25, -0.2) is 4.39 Å². The van der Waals surface area contributed by atoms with Crippen molar-refractivity contribution in [3.05, 3.63) is 30.1 Å². The number of piperidine rings is 1. The lowest BCUT2D eigenvalue weighted by molar-refractivity contribution is 0.423. The quantitative estimate of drug-likeness (QED) is 0.864. The van der Waals surface area contributed by atoms with Crippen molar-refractivity contribution < 1.29 is 4.39 Å². The van der Waals surface area contributed by atoms with Gasteiger partial charge in [0.1, 0.15) is 5.82 Å². The molecule has 0 saturated carbocycles. The van der Waals surface area contributed by atoms with Gasteiger partial charge >= 0.3 is 0 Å². The van der Waals surface area contributed by atoms with E-state index in [1.165, 1.54) is 18.9 Å². The van der Waals surface area contributed by atoms with E-state index in [2.05, 4.69) is 17.1 Å². The third kappa shape index (κ3) is 3.43. The fraction of sp³-hybridized carbons (Fsp3) is 0.571. The molecule has 1 aromatic rings. The van der Waals surface area contributed by atoms with Crippen LogP contribution in [-0.4, -0.2) is 25.7 Å². The molecule has 0 amide bonds. The Morgan fingerprint density at radius 3 is 3.12 bits per heavy atom. The highest BCUT2D eigenvalue weighted by Crippen LogP contribution is 2.20. The van der Waals surface area contributed by atoms with Gasteiger partial charge in [-0.3, -0.25) is 0 Å². The van der Waals surface area contributed by atoms with Crippen LogP contribution < -0.4 is 10.2 Å². The van der Waals surface area contributed by atoms with Crippen molar-refractivity contribution in [2.24, 2.45) is 0 Å². The minimum Gasteiger partial charge on any atom is -0.370 e. The SMILES string of the molecule is CCCNC1CCCN(c2cccc(F)c2)C1. The first-order valence-electron chi connectivity index (χ1n) is 6.53. The molecule has 94 valence electrons. The summed E-state index contributed by atoms with van der Waals surface area (Å²) in [5.74, 6) is -0.147. The van der Waals surface area contributed by atoms with Crippen LogP contribution in [0.2, 0.25) is 0 Å². The third-order valence-electron chi connectivity index (χ3n) is 3.28. The summed E-state index contributed by atoms with van der Waals surface area (Å²) in [5.41, 5.74) is 1.01. The van der Waals surface area contributed by atoms with Gasteiger partial charge < -0.3 is 10.2 Å². The van der Waals surface area contributed by atoms with Crippen molar-refractivity contribution in [3.63, 3.8) is 0 Å². The first-order valence-corrected chi connectivity index (χ1v) is 6.53. The standard InChI is InChI=1S/C14H21FN2/c1-2-8-16-13-6-4-9-17(11-13)14-7-3-5-12(15)10-14/h3,5,7,10,13,16H,2,4,6,8-9,11H2,1H3. The minimum atomic E-state index is -0.147. The number of hydrogen-bond acceptors (Lipinski definition) is 2. The number of benzene rings is 1. The van der Waals surface area contributed by atoms with Gasteiger partial charge in [-0.2, -0.15) is 0 Å². The van der Waals surface area contributed by atoms with Gasteiger partial charge in [0.15, 0.2) is 0 Å². The molecule has 1 heterocycles. The maximum atomic E-state index is 13.2. The topological polar surface area (TPSA) is 15.3 Å². The molecular formula is C14H21FN2. The van der Waals surface area contributed by atoms with Gasteiger partial charge in [0, 0.05) is 24.8 Å². The smallest absolute Gasteiger partial charge is 0.125 e. The van der Waals surface area contributed by atoms with E-state index in [-0.39, 0.29) is 5.82 Å². The first kappa shape index (κ1) is 12.4. The lowest BCUT2D eigenvalue weighted by Crippen LogP contribution is -2.46. The fourth-order valence-corrected chi connectivity index (χ4v) is 2.40. The number of anilines is 1. The number of halogens is 1. The predicted octanol–water partition coefficient (Wildman–Crippen LogP) is 2.79. The Labute approximate surface area is 103 Å². The van der Waals surface area contributed by atoms with Gasteiger partial charge in [0.05, 0.1) is 0 Å². The molecule has 1 aliphatic rings. The first-order chi connectivity index (χ1) is 8.29. The summed E-state index contributed by atoms with van der Waals surface area (Å²) in [6.07, 6.45) is 3.57. The molecule has 0 spiro atoms. The zero-order valence-electron chi connectivity index (χ0n) is 10.5. The Balaban J connectivity index is 1.97. The highest BCUT2D eigenvalue weighted by molar-refractivity contribution is 5.47. The Morgan fingerprint density at radius 2 is 2.35 bits per heavy atom. The Hall–Kier alpha value is -1.09. The lowest BCUT2D eigenvalue weighted by atomic mass is 10.0. The van der Waals surface area contributed by atoms with Crippen molar-refractivity contribution in [1.29, 1.82) is 0 Å². The van der Waals surface area contributed by atoms with Crippen LogP contribution in [0.5, 0.6) is 0 Å². The van der Waals surface area contributed by atoms with Crippen LogP contribution in [0.15, 0.2) is 24.3 Å². The van der Waals surface area contributed by atoms with E-state index in [9.17, 15) is 4.39 Å². The largest absolute Gasteiger partial charge is 0.370 e. The lowest BCUT2D eigenvalue weighted by Gasteiger charge is -2.35. The van der Waals surface area contributed by atoms with Crippen molar-refractivity contribution in [2.75, 3.05) is 24.5 Å². The molecule has 0 aromatic heterocycles. The van der Waals surface area contributed by atoms with Crippen molar-refractivity contribution in [3.8, 4) is 0 Å². The van der Waals surface area contributed by atoms with E-state index < -0.39 is 0 Å². The molecule has 1 aliphatic heterocycles. The molecule has 2 nitrogen and oxygen atoms in total. The molecular weight excluding hydrogens is 215 g/mol. The van der Waals surface area contributed by atoms with Crippen molar-refractivity contribution in [2.45, 2.75) is 32.2 Å². The summed E-state index contributed by atoms with van der Waals surface area (Å²) in [7, 11) is 0. The van der Waals surface area contributed by atoms with Gasteiger partial charge in [0.2, 0.25) is 0 Å². The van der Waals surface area contributed by atoms with Gasteiger partial charge in [-0.1, -0.05) is 13.0 Å². The van der Waals surface area contributed by atoms with Crippen molar-refractivity contribution in [1.82, 2.24) is 5.32 Å². The highest BCUT2D eigenvalue weighted by Gasteiger charge is 2.19. The van der Waals surface area contributed by atoms with E-state index in [1.54, 1.807) is 12.1 Å². The average molecular weight is 236 g/mol. The number of rotatable bonds is 4. The van der Waals surface area contributed by atoms with Crippen LogP contribution >= 0.6 is 0 Å². The normalized spacial score (nSPS) is 20.6. The molecule has 1 saturated heterocycles. The van der Waals surface area contributed by atoms with E-state index in [0.29, 0.717) is 6.04 Å². The maximum Gasteiger partial charge on any atom is 0.125 e. The monoisotopic (exact) mass is 236 g/mol. The van der Waals surface area contributed by atoms with E-state index in [4.69, 9.17) is 0 Å². The highest BCUT2D eigenvalue weighted by atomic mass is 19.1. The summed E-state index contributed by atoms with van der Waals surface area (Å²) in [4.78, 5) is 2.28. The van der Waals surface area contributed by atoms with Gasteiger partial charge in [0.25, 0.3) is 0 Å². The summed E-state index contributed by atoms with van der Waals surface area (Å²) in [6, 6.07) is 7.45. The second kappa shape index (κ2) is 6.01. The molecule has 0 aliphatic carbocycles. The van der Waals surface area contributed by atoms with Crippen LogP contribution in [0.25, 0.3) is 0 Å². The average Bonchev–Trinajstić information content (AvgIpc) is 2.37. The molecule has 1 aromatic carbocycles. The molecule has 1 fully saturated rings. The fourth-order valence-electron chi connectivity index (χ4n) is 2.40. The Kier molecular flexibility index (Phi) is 4.37. The minimum absolute atomic E-state index is 0.147. The van der Waals surface area contributed by atoms with Crippen LogP contribution in [0, 0.1) is 5.82 Å². The summed E-state index contributed by atoms with van der Waals surface area (Å²) >= 11 is 0. The molecule has 0 radical (unpaired) electrons. The molecule has 1 atom stereocenters. The zero-order valence-corrected chi connectivity index (χ0v) is 10.5. The zero-order chi connectivity index (χ0) is 12.1. The van der Waals surface area contributed by atoms with E-state index >= 15 is 0 Å². The Bertz CT molecular complexity index is 354. The van der Waals surface area contributed by atoms with Crippen molar-refractivity contribution >= 4 is 5.69 Å².